The van der Waals surface area contributed by atoms with Crippen molar-refractivity contribution in [2.45, 2.75) is 64.3 Å². The van der Waals surface area contributed by atoms with Gasteiger partial charge in [-0.1, -0.05) is 25.8 Å². The molecule has 1 N–H and O–H groups in total. The standard InChI is InChI=1S/C20H28N2O2/c1-2-18-12-5-6-13-22(18)20(24)16-10-7-11-17(14-16)21-19(23)15-8-3-4-9-15/h7,10-11,14-15,18H,2-6,8-9,12-13H2,1H3,(H,21,23). The molecule has 130 valence electrons. The molecule has 1 aliphatic carbocycles. The van der Waals surface area contributed by atoms with E-state index in [0.29, 0.717) is 11.6 Å². The van der Waals surface area contributed by atoms with E-state index in [1.165, 1.54) is 6.42 Å². The van der Waals surface area contributed by atoms with Crippen LogP contribution in [-0.2, 0) is 4.79 Å². The monoisotopic (exact) mass is 328 g/mol. The highest BCUT2D eigenvalue weighted by molar-refractivity contribution is 5.98. The lowest BCUT2D eigenvalue weighted by atomic mass is 9.98. The number of carbonyl (C=O) groups is 2. The summed E-state index contributed by atoms with van der Waals surface area (Å²) in [4.78, 5) is 27.2. The lowest BCUT2D eigenvalue weighted by Crippen LogP contribution is -2.43. The van der Waals surface area contributed by atoms with Gasteiger partial charge in [-0.15, -0.1) is 0 Å². The van der Waals surface area contributed by atoms with Crippen molar-refractivity contribution in [3.05, 3.63) is 29.8 Å². The lowest BCUT2D eigenvalue weighted by molar-refractivity contribution is -0.119. The molecule has 0 bridgehead atoms. The highest BCUT2D eigenvalue weighted by atomic mass is 16.2. The van der Waals surface area contributed by atoms with Crippen molar-refractivity contribution in [2.24, 2.45) is 5.92 Å². The first-order chi connectivity index (χ1) is 11.7. The number of hydrogen-bond donors (Lipinski definition) is 1. The zero-order chi connectivity index (χ0) is 16.9. The summed E-state index contributed by atoms with van der Waals surface area (Å²) in [6.07, 6.45) is 8.64. The average molecular weight is 328 g/mol. The summed E-state index contributed by atoms with van der Waals surface area (Å²) in [7, 11) is 0. The molecule has 4 heteroatoms. The van der Waals surface area contributed by atoms with Crippen molar-refractivity contribution in [1.82, 2.24) is 4.90 Å². The van der Waals surface area contributed by atoms with Gasteiger partial charge in [-0.2, -0.15) is 0 Å². The number of hydrogen-bond acceptors (Lipinski definition) is 2. The Morgan fingerprint density at radius 3 is 2.62 bits per heavy atom. The zero-order valence-corrected chi connectivity index (χ0v) is 14.6. The maximum absolute atomic E-state index is 12.9. The first-order valence-corrected chi connectivity index (χ1v) is 9.41. The van der Waals surface area contributed by atoms with Crippen LogP contribution in [-0.4, -0.2) is 29.3 Å². The third-order valence-corrected chi connectivity index (χ3v) is 5.46. The number of anilines is 1. The molecule has 1 atom stereocenters. The van der Waals surface area contributed by atoms with Gasteiger partial charge in [0.05, 0.1) is 0 Å². The SMILES string of the molecule is CCC1CCCCN1C(=O)c1cccc(NC(=O)C2CCCC2)c1. The van der Waals surface area contributed by atoms with Crippen LogP contribution in [0.1, 0.15) is 68.6 Å². The van der Waals surface area contributed by atoms with E-state index < -0.39 is 0 Å². The third-order valence-electron chi connectivity index (χ3n) is 5.46. The molecule has 0 aromatic heterocycles. The van der Waals surface area contributed by atoms with Gasteiger partial charge in [-0.3, -0.25) is 9.59 Å². The topological polar surface area (TPSA) is 49.4 Å². The van der Waals surface area contributed by atoms with Crippen LogP contribution in [0.4, 0.5) is 5.69 Å². The van der Waals surface area contributed by atoms with Crippen LogP contribution in [0.25, 0.3) is 0 Å². The smallest absolute Gasteiger partial charge is 0.254 e. The second-order valence-electron chi connectivity index (χ2n) is 7.11. The summed E-state index contributed by atoms with van der Waals surface area (Å²) in [5, 5.41) is 3.00. The molecular weight excluding hydrogens is 300 g/mol. The molecule has 24 heavy (non-hydrogen) atoms. The fourth-order valence-corrected chi connectivity index (χ4v) is 4.02. The van der Waals surface area contributed by atoms with E-state index in [-0.39, 0.29) is 17.7 Å². The highest BCUT2D eigenvalue weighted by Gasteiger charge is 2.27. The van der Waals surface area contributed by atoms with Crippen LogP contribution < -0.4 is 5.32 Å². The van der Waals surface area contributed by atoms with Crippen molar-refractivity contribution in [1.29, 1.82) is 0 Å². The second kappa shape index (κ2) is 7.82. The number of carbonyl (C=O) groups excluding carboxylic acids is 2. The predicted octanol–water partition coefficient (Wildman–Crippen LogP) is 4.22. The van der Waals surface area contributed by atoms with Crippen LogP contribution >= 0.6 is 0 Å². The van der Waals surface area contributed by atoms with E-state index in [9.17, 15) is 9.59 Å². The number of rotatable bonds is 4. The average Bonchev–Trinajstić information content (AvgIpc) is 3.16. The van der Waals surface area contributed by atoms with Gasteiger partial charge in [0.2, 0.25) is 5.91 Å². The molecule has 1 aromatic carbocycles. The molecule has 1 saturated carbocycles. The Morgan fingerprint density at radius 2 is 1.88 bits per heavy atom. The van der Waals surface area contributed by atoms with Crippen molar-refractivity contribution >= 4 is 17.5 Å². The van der Waals surface area contributed by atoms with Crippen LogP contribution in [0.2, 0.25) is 0 Å². The minimum Gasteiger partial charge on any atom is -0.336 e. The van der Waals surface area contributed by atoms with E-state index in [1.54, 1.807) is 0 Å². The van der Waals surface area contributed by atoms with Crippen molar-refractivity contribution in [3.63, 3.8) is 0 Å². The Hall–Kier alpha value is -1.84. The third kappa shape index (κ3) is 3.80. The fraction of sp³-hybridized carbons (Fsp3) is 0.600. The normalized spacial score (nSPS) is 21.7. The van der Waals surface area contributed by atoms with E-state index in [2.05, 4.69) is 12.2 Å². The zero-order valence-electron chi connectivity index (χ0n) is 14.6. The van der Waals surface area contributed by atoms with Crippen molar-refractivity contribution in [3.8, 4) is 0 Å². The van der Waals surface area contributed by atoms with E-state index >= 15 is 0 Å². The quantitative estimate of drug-likeness (QED) is 0.899. The van der Waals surface area contributed by atoms with Crippen LogP contribution in [0.15, 0.2) is 24.3 Å². The summed E-state index contributed by atoms with van der Waals surface area (Å²) in [5.41, 5.74) is 1.42. The molecular formula is C20H28N2O2. The Balaban J connectivity index is 1.69. The van der Waals surface area contributed by atoms with Crippen LogP contribution in [0.5, 0.6) is 0 Å². The minimum absolute atomic E-state index is 0.0958. The highest BCUT2D eigenvalue weighted by Crippen LogP contribution is 2.27. The molecule has 0 spiro atoms. The summed E-state index contributed by atoms with van der Waals surface area (Å²) in [6.45, 7) is 2.99. The largest absolute Gasteiger partial charge is 0.336 e. The lowest BCUT2D eigenvalue weighted by Gasteiger charge is -2.35. The molecule has 1 saturated heterocycles. The second-order valence-corrected chi connectivity index (χ2v) is 7.11. The van der Waals surface area contributed by atoms with Crippen LogP contribution in [0.3, 0.4) is 0 Å². The van der Waals surface area contributed by atoms with E-state index in [0.717, 1.165) is 57.2 Å². The van der Waals surface area contributed by atoms with Gasteiger partial charge in [-0.25, -0.2) is 0 Å². The molecule has 2 fully saturated rings. The summed E-state index contributed by atoms with van der Waals surface area (Å²) >= 11 is 0. The van der Waals surface area contributed by atoms with Crippen molar-refractivity contribution in [2.75, 3.05) is 11.9 Å². The first-order valence-electron chi connectivity index (χ1n) is 9.41. The number of nitrogens with one attached hydrogen (secondary N) is 1. The van der Waals surface area contributed by atoms with Gasteiger partial charge in [0.25, 0.3) is 5.91 Å². The van der Waals surface area contributed by atoms with Gasteiger partial charge >= 0.3 is 0 Å². The number of likely N-dealkylation sites (tertiary alicyclic amines) is 1. The Morgan fingerprint density at radius 1 is 1.12 bits per heavy atom. The number of piperidine rings is 1. The fourth-order valence-electron chi connectivity index (χ4n) is 4.02. The van der Waals surface area contributed by atoms with Crippen molar-refractivity contribution < 1.29 is 9.59 Å². The molecule has 0 radical (unpaired) electrons. The molecule has 1 aromatic rings. The summed E-state index contributed by atoms with van der Waals surface area (Å²) in [6, 6.07) is 7.77. The number of amides is 2. The van der Waals surface area contributed by atoms with Gasteiger partial charge in [0.15, 0.2) is 0 Å². The maximum Gasteiger partial charge on any atom is 0.254 e. The van der Waals surface area contributed by atoms with E-state index in [1.807, 2.05) is 29.2 Å². The molecule has 2 aliphatic rings. The predicted molar refractivity (Wildman–Crippen MR) is 96.0 cm³/mol. The van der Waals surface area contributed by atoms with Gasteiger partial charge in [0.1, 0.15) is 0 Å². The number of benzene rings is 1. The molecule has 2 amide bonds. The van der Waals surface area contributed by atoms with Gasteiger partial charge in [0, 0.05) is 29.8 Å². The molecule has 1 heterocycles. The summed E-state index contributed by atoms with van der Waals surface area (Å²) < 4.78 is 0. The van der Waals surface area contributed by atoms with Crippen LogP contribution in [0, 0.1) is 5.92 Å². The molecule has 3 rings (SSSR count). The Kier molecular flexibility index (Phi) is 5.54. The first kappa shape index (κ1) is 17.0. The van der Waals surface area contributed by atoms with Gasteiger partial charge < -0.3 is 10.2 Å². The molecule has 1 unspecified atom stereocenters. The molecule has 1 aliphatic heterocycles. The Labute approximate surface area is 144 Å². The molecule has 4 nitrogen and oxygen atoms in total. The van der Waals surface area contributed by atoms with Gasteiger partial charge in [-0.05, 0) is 56.7 Å². The maximum atomic E-state index is 12.9. The summed E-state index contributed by atoms with van der Waals surface area (Å²) in [5.74, 6) is 0.330. The Bertz CT molecular complexity index is 593. The minimum atomic E-state index is 0.0958. The van der Waals surface area contributed by atoms with E-state index in [4.69, 9.17) is 0 Å². The number of nitrogens with zero attached hydrogens (tertiary/aromatic N) is 1.